The first kappa shape index (κ1) is 16.3. The van der Waals surface area contributed by atoms with E-state index < -0.39 is 11.8 Å². The molecule has 0 atom stereocenters. The average molecular weight is 367 g/mol. The zero-order chi connectivity index (χ0) is 18.3. The fourth-order valence-electron chi connectivity index (χ4n) is 2.92. The minimum Gasteiger partial charge on any atom is -0.478 e. The topological polar surface area (TPSA) is 55.1 Å². The lowest BCUT2D eigenvalue weighted by molar-refractivity contribution is 0.0697. The minimum absolute atomic E-state index is 0.107. The summed E-state index contributed by atoms with van der Waals surface area (Å²) < 4.78 is 15.2. The van der Waals surface area contributed by atoms with E-state index in [1.54, 1.807) is 18.5 Å². The molecule has 4 rings (SSSR count). The van der Waals surface area contributed by atoms with Gasteiger partial charge < -0.3 is 5.11 Å². The molecule has 0 bridgehead atoms. The molecule has 0 radical (unpaired) electrons. The van der Waals surface area contributed by atoms with Gasteiger partial charge in [-0.15, -0.1) is 0 Å². The van der Waals surface area contributed by atoms with Gasteiger partial charge in [-0.25, -0.2) is 14.2 Å². The number of hydrogen-bond donors (Lipinski definition) is 1. The molecule has 0 saturated heterocycles. The van der Waals surface area contributed by atoms with Crippen LogP contribution in [0.4, 0.5) is 4.39 Å². The van der Waals surface area contributed by atoms with E-state index in [1.807, 2.05) is 28.8 Å². The first-order chi connectivity index (χ1) is 12.5. The van der Waals surface area contributed by atoms with Crippen LogP contribution in [0.1, 0.15) is 10.4 Å². The van der Waals surface area contributed by atoms with Crippen molar-refractivity contribution < 1.29 is 14.3 Å². The lowest BCUT2D eigenvalue weighted by atomic mass is 10.0. The summed E-state index contributed by atoms with van der Waals surface area (Å²) >= 11 is 6.16. The van der Waals surface area contributed by atoms with Crippen molar-refractivity contribution in [3.63, 3.8) is 0 Å². The predicted molar refractivity (Wildman–Crippen MR) is 98.4 cm³/mol. The van der Waals surface area contributed by atoms with Gasteiger partial charge in [0.1, 0.15) is 12.1 Å². The first-order valence-corrected chi connectivity index (χ1v) is 8.17. The summed E-state index contributed by atoms with van der Waals surface area (Å²) in [6.07, 6.45) is 1.64. The highest BCUT2D eigenvalue weighted by molar-refractivity contribution is 6.33. The maximum absolute atomic E-state index is 13.4. The number of aromatic nitrogens is 2. The lowest BCUT2D eigenvalue weighted by Crippen LogP contribution is -2.01. The van der Waals surface area contributed by atoms with E-state index in [0.29, 0.717) is 16.8 Å². The van der Waals surface area contributed by atoms with Gasteiger partial charge in [0.25, 0.3) is 0 Å². The molecule has 0 aliphatic heterocycles. The fraction of sp³-hybridized carbons (Fsp3) is 0. The van der Waals surface area contributed by atoms with Crippen molar-refractivity contribution in [1.29, 1.82) is 0 Å². The second kappa shape index (κ2) is 6.28. The summed E-state index contributed by atoms with van der Waals surface area (Å²) in [5, 5.41) is 9.70. The lowest BCUT2D eigenvalue weighted by Gasteiger charge is -2.11. The number of aromatic carboxylic acids is 1. The minimum atomic E-state index is -1.06. The predicted octanol–water partition coefficient (Wildman–Crippen LogP) is 5.18. The van der Waals surface area contributed by atoms with Gasteiger partial charge in [-0.2, -0.15) is 0 Å². The average Bonchev–Trinajstić information content (AvgIpc) is 3.05. The molecule has 3 aromatic carbocycles. The Morgan fingerprint density at radius 2 is 1.88 bits per heavy atom. The highest BCUT2D eigenvalue weighted by Crippen LogP contribution is 2.31. The van der Waals surface area contributed by atoms with Gasteiger partial charge in [-0.1, -0.05) is 23.7 Å². The largest absolute Gasteiger partial charge is 0.478 e. The number of benzene rings is 3. The van der Waals surface area contributed by atoms with Crippen LogP contribution in [0.25, 0.3) is 27.8 Å². The molecule has 0 saturated carbocycles. The van der Waals surface area contributed by atoms with E-state index in [9.17, 15) is 14.3 Å². The molecule has 0 amide bonds. The fourth-order valence-corrected chi connectivity index (χ4v) is 3.19. The number of rotatable bonds is 3. The van der Waals surface area contributed by atoms with Crippen molar-refractivity contribution in [2.45, 2.75) is 0 Å². The third kappa shape index (κ3) is 2.82. The van der Waals surface area contributed by atoms with E-state index in [2.05, 4.69) is 4.98 Å². The Kier molecular flexibility index (Phi) is 3.93. The van der Waals surface area contributed by atoms with Crippen LogP contribution in [0.5, 0.6) is 0 Å². The van der Waals surface area contributed by atoms with Crippen LogP contribution in [0, 0.1) is 5.82 Å². The van der Waals surface area contributed by atoms with Crippen LogP contribution in [0.15, 0.2) is 67.0 Å². The van der Waals surface area contributed by atoms with Crippen LogP contribution in [0.2, 0.25) is 5.02 Å². The summed E-state index contributed by atoms with van der Waals surface area (Å²) in [6, 6.07) is 16.5. The van der Waals surface area contributed by atoms with Crippen molar-refractivity contribution in [3.8, 4) is 16.8 Å². The van der Waals surface area contributed by atoms with Crippen LogP contribution in [-0.2, 0) is 0 Å². The highest BCUT2D eigenvalue weighted by atomic mass is 35.5. The van der Waals surface area contributed by atoms with Gasteiger partial charge >= 0.3 is 5.97 Å². The van der Waals surface area contributed by atoms with Crippen LogP contribution in [0.3, 0.4) is 0 Å². The standard InChI is InChI=1S/C20H12ClFN2O2/c21-17-10-14(22)5-6-16(17)12-7-13(20(25)26)9-15(8-12)24-11-23-18-3-1-2-4-19(18)24/h1-11H,(H,25,26). The molecule has 4 nitrogen and oxygen atoms in total. The van der Waals surface area contributed by atoms with Crippen molar-refractivity contribution in [3.05, 3.63) is 83.4 Å². The number of fused-ring (bicyclic) bond motifs is 1. The molecule has 0 unspecified atom stereocenters. The van der Waals surface area contributed by atoms with Crippen molar-refractivity contribution in [1.82, 2.24) is 9.55 Å². The van der Waals surface area contributed by atoms with Gasteiger partial charge in [0.15, 0.2) is 0 Å². The molecule has 26 heavy (non-hydrogen) atoms. The number of carbonyl (C=O) groups is 1. The maximum Gasteiger partial charge on any atom is 0.335 e. The van der Waals surface area contributed by atoms with Crippen molar-refractivity contribution in [2.24, 2.45) is 0 Å². The Labute approximate surface area is 153 Å². The van der Waals surface area contributed by atoms with E-state index in [4.69, 9.17) is 11.6 Å². The van der Waals surface area contributed by atoms with Gasteiger partial charge in [0.05, 0.1) is 21.6 Å². The number of nitrogens with zero attached hydrogens (tertiary/aromatic N) is 2. The van der Waals surface area contributed by atoms with Gasteiger partial charge in [0.2, 0.25) is 0 Å². The van der Waals surface area contributed by atoms with Crippen molar-refractivity contribution in [2.75, 3.05) is 0 Å². The Hall–Kier alpha value is -3.18. The maximum atomic E-state index is 13.4. The molecule has 6 heteroatoms. The molecule has 1 heterocycles. The summed E-state index contributed by atoms with van der Waals surface area (Å²) in [5.41, 5.74) is 3.54. The Morgan fingerprint density at radius 3 is 2.65 bits per heavy atom. The van der Waals surface area contributed by atoms with Crippen LogP contribution >= 0.6 is 11.6 Å². The second-order valence-corrected chi connectivity index (χ2v) is 6.21. The molecular formula is C20H12ClFN2O2. The summed E-state index contributed by atoms with van der Waals surface area (Å²) in [5.74, 6) is -1.51. The SMILES string of the molecule is O=C(O)c1cc(-c2ccc(F)cc2Cl)cc(-n2cnc3ccccc32)c1. The third-order valence-corrected chi connectivity index (χ3v) is 4.45. The monoisotopic (exact) mass is 366 g/mol. The number of carboxylic acid groups (broad SMARTS) is 1. The summed E-state index contributed by atoms with van der Waals surface area (Å²) in [6.45, 7) is 0. The van der Waals surface area contributed by atoms with Gasteiger partial charge in [-0.05, 0) is 54.1 Å². The Bertz CT molecular complexity index is 1150. The van der Waals surface area contributed by atoms with Crippen LogP contribution < -0.4 is 0 Å². The number of imidazole rings is 1. The number of halogens is 2. The van der Waals surface area contributed by atoms with E-state index in [1.165, 1.54) is 24.3 Å². The number of para-hydroxylation sites is 2. The Morgan fingerprint density at radius 1 is 1.08 bits per heavy atom. The summed E-state index contributed by atoms with van der Waals surface area (Å²) in [4.78, 5) is 15.9. The molecule has 1 N–H and O–H groups in total. The molecule has 0 fully saturated rings. The molecular weight excluding hydrogens is 355 g/mol. The molecule has 0 aliphatic rings. The Balaban J connectivity index is 1.96. The zero-order valence-corrected chi connectivity index (χ0v) is 14.1. The highest BCUT2D eigenvalue weighted by Gasteiger charge is 2.13. The van der Waals surface area contributed by atoms with E-state index >= 15 is 0 Å². The number of hydrogen-bond acceptors (Lipinski definition) is 2. The smallest absolute Gasteiger partial charge is 0.335 e. The molecule has 4 aromatic rings. The quantitative estimate of drug-likeness (QED) is 0.543. The normalized spacial score (nSPS) is 11.0. The molecule has 0 aliphatic carbocycles. The van der Waals surface area contributed by atoms with Gasteiger partial charge in [-0.3, -0.25) is 4.57 Å². The zero-order valence-electron chi connectivity index (χ0n) is 13.4. The molecule has 128 valence electrons. The third-order valence-electron chi connectivity index (χ3n) is 4.14. The molecule has 1 aromatic heterocycles. The second-order valence-electron chi connectivity index (χ2n) is 5.80. The summed E-state index contributed by atoms with van der Waals surface area (Å²) in [7, 11) is 0. The number of carboxylic acids is 1. The van der Waals surface area contributed by atoms with Gasteiger partial charge in [0, 0.05) is 11.3 Å². The first-order valence-electron chi connectivity index (χ1n) is 7.79. The van der Waals surface area contributed by atoms with Crippen LogP contribution in [-0.4, -0.2) is 20.6 Å². The molecule has 0 spiro atoms. The van der Waals surface area contributed by atoms with E-state index in [-0.39, 0.29) is 10.6 Å². The van der Waals surface area contributed by atoms with E-state index in [0.717, 1.165) is 11.0 Å². The van der Waals surface area contributed by atoms with Crippen molar-refractivity contribution >= 4 is 28.6 Å².